The Morgan fingerprint density at radius 2 is 2.50 bits per heavy atom. The van der Waals surface area contributed by atoms with Crippen LogP contribution < -0.4 is 11.1 Å². The van der Waals surface area contributed by atoms with Crippen LogP contribution in [-0.4, -0.2) is 30.7 Å². The van der Waals surface area contributed by atoms with E-state index in [9.17, 15) is 4.79 Å². The number of rotatable bonds is 3. The van der Waals surface area contributed by atoms with Gasteiger partial charge in [0.15, 0.2) is 0 Å². The summed E-state index contributed by atoms with van der Waals surface area (Å²) < 4.78 is 5.70. The summed E-state index contributed by atoms with van der Waals surface area (Å²) in [6, 6.07) is 4.00. The lowest BCUT2D eigenvalue weighted by Crippen LogP contribution is -2.72. The average Bonchev–Trinajstić information content (AvgIpc) is 2.88. The molecule has 0 aromatic carbocycles. The van der Waals surface area contributed by atoms with E-state index in [1.54, 1.807) is 11.3 Å². The van der Waals surface area contributed by atoms with Gasteiger partial charge in [0, 0.05) is 23.4 Å². The van der Waals surface area contributed by atoms with Crippen molar-refractivity contribution in [1.29, 1.82) is 0 Å². The molecule has 1 saturated heterocycles. The van der Waals surface area contributed by atoms with Crippen LogP contribution in [0, 0.1) is 5.92 Å². The average molecular weight is 266 g/mol. The third-order valence-corrected chi connectivity index (χ3v) is 4.80. The molecule has 1 aromatic heterocycles. The molecule has 1 aliphatic carbocycles. The molecule has 4 atom stereocenters. The van der Waals surface area contributed by atoms with Crippen LogP contribution in [0.1, 0.15) is 17.7 Å². The van der Waals surface area contributed by atoms with Gasteiger partial charge < -0.3 is 15.8 Å². The van der Waals surface area contributed by atoms with Crippen LogP contribution >= 0.6 is 11.3 Å². The number of nitrogens with two attached hydrogens (primary N) is 1. The Morgan fingerprint density at radius 1 is 1.61 bits per heavy atom. The largest absolute Gasteiger partial charge is 0.376 e. The predicted molar refractivity (Wildman–Crippen MR) is 70.4 cm³/mol. The minimum atomic E-state index is 0.00256. The van der Waals surface area contributed by atoms with Gasteiger partial charge in [-0.1, -0.05) is 6.07 Å². The second-order valence-corrected chi connectivity index (χ2v) is 6.10. The van der Waals surface area contributed by atoms with Gasteiger partial charge in [-0.2, -0.15) is 0 Å². The van der Waals surface area contributed by atoms with E-state index in [0.717, 1.165) is 24.3 Å². The lowest BCUT2D eigenvalue weighted by molar-refractivity contribution is -0.138. The summed E-state index contributed by atoms with van der Waals surface area (Å²) in [5.74, 6) is 0.483. The molecule has 3 rings (SSSR count). The summed E-state index contributed by atoms with van der Waals surface area (Å²) in [7, 11) is 0. The third kappa shape index (κ3) is 2.18. The number of ether oxygens (including phenoxy) is 1. The fourth-order valence-electron chi connectivity index (χ4n) is 2.93. The molecular formula is C13H18N2O2S. The molecule has 2 fully saturated rings. The summed E-state index contributed by atoms with van der Waals surface area (Å²) in [6.45, 7) is 0.797. The first-order valence-electron chi connectivity index (χ1n) is 6.44. The van der Waals surface area contributed by atoms with Crippen LogP contribution in [0.2, 0.25) is 0 Å². The molecule has 1 saturated carbocycles. The van der Waals surface area contributed by atoms with Crippen LogP contribution in [0.5, 0.6) is 0 Å². The smallest absolute Gasteiger partial charge is 0.225 e. The number of nitrogens with one attached hydrogen (secondary N) is 1. The lowest BCUT2D eigenvalue weighted by atomic mass is 9.68. The molecule has 5 heteroatoms. The quantitative estimate of drug-likeness (QED) is 0.855. The summed E-state index contributed by atoms with van der Waals surface area (Å²) >= 11 is 1.60. The molecule has 0 spiro atoms. The van der Waals surface area contributed by atoms with Crippen molar-refractivity contribution in [2.24, 2.45) is 11.7 Å². The molecule has 4 nitrogen and oxygen atoms in total. The Morgan fingerprint density at radius 3 is 3.28 bits per heavy atom. The van der Waals surface area contributed by atoms with E-state index in [4.69, 9.17) is 10.5 Å². The Kier molecular flexibility index (Phi) is 3.37. The first-order valence-corrected chi connectivity index (χ1v) is 7.32. The molecule has 0 radical (unpaired) electrons. The fraction of sp³-hybridized carbons (Fsp3) is 0.615. The highest BCUT2D eigenvalue weighted by molar-refractivity contribution is 7.10. The molecule has 3 N–H and O–H groups in total. The maximum atomic E-state index is 11.9. The summed E-state index contributed by atoms with van der Waals surface area (Å²) in [5.41, 5.74) is 6.11. The molecule has 2 aliphatic rings. The number of thiophene rings is 1. The van der Waals surface area contributed by atoms with Gasteiger partial charge in [-0.05, 0) is 24.3 Å². The molecule has 0 bridgehead atoms. The number of hydrogen-bond donors (Lipinski definition) is 2. The van der Waals surface area contributed by atoms with Gasteiger partial charge >= 0.3 is 0 Å². The minimum Gasteiger partial charge on any atom is -0.376 e. The van der Waals surface area contributed by atoms with E-state index in [2.05, 4.69) is 5.32 Å². The van der Waals surface area contributed by atoms with Crippen molar-refractivity contribution in [2.45, 2.75) is 37.5 Å². The van der Waals surface area contributed by atoms with E-state index in [0.29, 0.717) is 12.3 Å². The van der Waals surface area contributed by atoms with Gasteiger partial charge in [0.25, 0.3) is 0 Å². The maximum absolute atomic E-state index is 11.9. The lowest BCUT2D eigenvalue weighted by Gasteiger charge is -2.52. The Balaban J connectivity index is 1.55. The summed E-state index contributed by atoms with van der Waals surface area (Å²) in [6.07, 6.45) is 2.80. The van der Waals surface area contributed by atoms with Gasteiger partial charge in [0.2, 0.25) is 5.91 Å². The van der Waals surface area contributed by atoms with Crippen LogP contribution in [-0.2, 0) is 16.0 Å². The zero-order valence-electron chi connectivity index (χ0n) is 10.2. The fourth-order valence-corrected chi connectivity index (χ4v) is 3.64. The Hall–Kier alpha value is -0.910. The third-order valence-electron chi connectivity index (χ3n) is 3.92. The number of amides is 1. The highest BCUT2D eigenvalue weighted by Crippen LogP contribution is 2.36. The van der Waals surface area contributed by atoms with E-state index >= 15 is 0 Å². The second-order valence-electron chi connectivity index (χ2n) is 5.07. The molecule has 98 valence electrons. The highest BCUT2D eigenvalue weighted by Gasteiger charge is 2.50. The van der Waals surface area contributed by atoms with Gasteiger partial charge in [0.05, 0.1) is 18.6 Å². The van der Waals surface area contributed by atoms with Crippen LogP contribution in [0.25, 0.3) is 0 Å². The minimum absolute atomic E-state index is 0.00256. The van der Waals surface area contributed by atoms with Crippen molar-refractivity contribution < 1.29 is 9.53 Å². The van der Waals surface area contributed by atoms with Crippen molar-refractivity contribution in [1.82, 2.24) is 5.32 Å². The number of hydrogen-bond acceptors (Lipinski definition) is 4. The Labute approximate surface area is 111 Å². The molecule has 4 unspecified atom stereocenters. The zero-order valence-corrected chi connectivity index (χ0v) is 11.0. The standard InChI is InChI=1S/C13H18N2O2S/c14-11-9-4-1-5-17-13(9)12(11)15-10(16)7-8-3-2-6-18-8/h2-3,6,9,11-13H,1,4-5,7,14H2,(H,15,16). The number of carbonyl (C=O) groups excluding carboxylic acids is 1. The van der Waals surface area contributed by atoms with Gasteiger partial charge in [-0.15, -0.1) is 11.3 Å². The monoisotopic (exact) mass is 266 g/mol. The molecule has 1 aliphatic heterocycles. The predicted octanol–water partition coefficient (Wildman–Crippen LogP) is 0.911. The van der Waals surface area contributed by atoms with E-state index in [1.165, 1.54) is 0 Å². The van der Waals surface area contributed by atoms with Crippen molar-refractivity contribution in [3.05, 3.63) is 22.4 Å². The molecule has 18 heavy (non-hydrogen) atoms. The van der Waals surface area contributed by atoms with Crippen molar-refractivity contribution in [2.75, 3.05) is 6.61 Å². The summed E-state index contributed by atoms with van der Waals surface area (Å²) in [4.78, 5) is 13.0. The molecule has 1 aromatic rings. The van der Waals surface area contributed by atoms with Gasteiger partial charge in [-0.25, -0.2) is 0 Å². The highest BCUT2D eigenvalue weighted by atomic mass is 32.1. The maximum Gasteiger partial charge on any atom is 0.225 e. The number of carbonyl (C=O) groups is 1. The summed E-state index contributed by atoms with van der Waals surface area (Å²) in [5, 5.41) is 5.01. The molecule has 2 heterocycles. The molecule has 1 amide bonds. The molecular weight excluding hydrogens is 248 g/mol. The van der Waals surface area contributed by atoms with Crippen molar-refractivity contribution >= 4 is 17.2 Å². The van der Waals surface area contributed by atoms with Crippen LogP contribution in [0.15, 0.2) is 17.5 Å². The Bertz CT molecular complexity index is 421. The van der Waals surface area contributed by atoms with Crippen LogP contribution in [0.3, 0.4) is 0 Å². The topological polar surface area (TPSA) is 64.3 Å². The van der Waals surface area contributed by atoms with E-state index in [-0.39, 0.29) is 24.1 Å². The van der Waals surface area contributed by atoms with Gasteiger partial charge in [0.1, 0.15) is 0 Å². The first-order chi connectivity index (χ1) is 8.75. The van der Waals surface area contributed by atoms with Crippen molar-refractivity contribution in [3.8, 4) is 0 Å². The first kappa shape index (κ1) is 12.1. The normalized spacial score (nSPS) is 34.5. The number of fused-ring (bicyclic) bond motifs is 1. The van der Waals surface area contributed by atoms with Crippen LogP contribution in [0.4, 0.5) is 0 Å². The van der Waals surface area contributed by atoms with E-state index in [1.807, 2.05) is 17.5 Å². The SMILES string of the molecule is NC1C2CCCOC2C1NC(=O)Cc1cccs1. The zero-order chi connectivity index (χ0) is 12.5. The second kappa shape index (κ2) is 4.99. The van der Waals surface area contributed by atoms with Gasteiger partial charge in [-0.3, -0.25) is 4.79 Å². The van der Waals surface area contributed by atoms with Crippen molar-refractivity contribution in [3.63, 3.8) is 0 Å². The van der Waals surface area contributed by atoms with E-state index < -0.39 is 0 Å².